The quantitative estimate of drug-likeness (QED) is 0.393. The van der Waals surface area contributed by atoms with Crippen LogP contribution in [0.3, 0.4) is 0 Å². The van der Waals surface area contributed by atoms with E-state index < -0.39 is 13.4 Å². The summed E-state index contributed by atoms with van der Waals surface area (Å²) in [6.45, 7) is 0. The van der Waals surface area contributed by atoms with Crippen LogP contribution in [0.1, 0.15) is 0 Å². The van der Waals surface area contributed by atoms with Crippen LogP contribution in [0.2, 0.25) is 0 Å². The molecule has 0 aliphatic rings. The molecule has 12 heavy (non-hydrogen) atoms. The molecule has 0 aromatic rings. The molecule has 0 fully saturated rings. The Bertz CT molecular complexity index is 93.0. The summed E-state index contributed by atoms with van der Waals surface area (Å²) in [6, 6.07) is 0. The Morgan fingerprint density at radius 2 is 0.667 bits per heavy atom. The second-order valence-corrected chi connectivity index (χ2v) is 2.12. The summed E-state index contributed by atoms with van der Waals surface area (Å²) in [7, 11) is 0. The summed E-state index contributed by atoms with van der Waals surface area (Å²) in [5.41, 5.74) is 0. The van der Waals surface area contributed by atoms with Crippen molar-refractivity contribution in [2.75, 3.05) is 0 Å². The maximum absolute atomic E-state index is 8.59. The van der Waals surface area contributed by atoms with Gasteiger partial charge in [-0.1, -0.05) is 0 Å². The van der Waals surface area contributed by atoms with Gasteiger partial charge in [0.2, 0.25) is 0 Å². The molecule has 0 unspecified atom stereocenters. The van der Waals surface area contributed by atoms with Crippen LogP contribution in [0, 0.1) is 0 Å². The molecule has 0 aromatic carbocycles. The fourth-order valence-corrected chi connectivity index (χ4v) is 0. The summed E-state index contributed by atoms with van der Waals surface area (Å²) in [5.74, 6) is 0. The van der Waals surface area contributed by atoms with Gasteiger partial charge in [-0.3, -0.25) is 0 Å². The van der Waals surface area contributed by atoms with Gasteiger partial charge in [0.25, 0.3) is 0 Å². The van der Waals surface area contributed by atoms with Gasteiger partial charge in [0, 0.05) is 0 Å². The van der Waals surface area contributed by atoms with Gasteiger partial charge in [-0.25, -0.2) is 0 Å². The first-order valence-corrected chi connectivity index (χ1v) is 3.46. The van der Waals surface area contributed by atoms with Gasteiger partial charge in [-0.05, 0) is 0 Å². The van der Waals surface area contributed by atoms with Crippen LogP contribution in [-0.4, -0.2) is 46.2 Å². The molecule has 0 saturated heterocycles. The Kier molecular flexibility index (Phi) is 208. The van der Waals surface area contributed by atoms with Crippen molar-refractivity contribution in [1.82, 2.24) is 0 Å². The molecule has 0 spiro atoms. The molecule has 0 rings (SSSR count). The topological polar surface area (TPSA) is 269 Å². The van der Waals surface area contributed by atoms with Gasteiger partial charge < -0.3 is 32.9 Å². The molecule has 0 radical (unpaired) electrons. The molecule has 0 amide bonds. The molecule has 0 saturated carbocycles. The maximum atomic E-state index is 8.59. The Morgan fingerprint density at radius 3 is 0.667 bits per heavy atom. The van der Waals surface area contributed by atoms with Gasteiger partial charge in [0.15, 0.2) is 0 Å². The normalized spacial score (nSPS) is 4.83. The number of hydrogen-bond donors (Lipinski definition) is 0. The third kappa shape index (κ3) is 5180. The molecule has 0 atom stereocenters. The molecule has 10 nitrogen and oxygen atoms in total. The van der Waals surface area contributed by atoms with E-state index in [1.165, 1.54) is 0 Å². The minimum Gasteiger partial charge on any atom is 2.00 e. The second-order valence-electron chi connectivity index (χ2n) is 0.408. The second kappa shape index (κ2) is 30.1. The van der Waals surface area contributed by atoms with E-state index in [2.05, 4.69) is 0 Å². The first-order valence-electron chi connectivity index (χ1n) is 0.667. The molecular weight excluding hydrogens is 304 g/mol. The fraction of sp³-hybridized carbons (Fsp3) is 0. The van der Waals surface area contributed by atoms with Crippen molar-refractivity contribution in [2.24, 2.45) is 0 Å². The Morgan fingerprint density at radius 1 is 0.667 bits per heavy atom. The predicted molar refractivity (Wildman–Crippen MR) is 28.8 cm³/mol. The maximum Gasteiger partial charge on any atom is 2.00 e. The van der Waals surface area contributed by atoms with Crippen LogP contribution in [0.15, 0.2) is 0 Å². The third-order valence-electron chi connectivity index (χ3n) is 0. The summed E-state index contributed by atoms with van der Waals surface area (Å²) < 4.78 is 34.4. The van der Waals surface area contributed by atoms with Gasteiger partial charge in [-0.2, -0.15) is 0 Å². The van der Waals surface area contributed by atoms with Gasteiger partial charge >= 0.3 is 48.9 Å². The van der Waals surface area contributed by atoms with Crippen molar-refractivity contribution in [3.8, 4) is 0 Å². The Labute approximate surface area is 82.1 Å². The van der Waals surface area contributed by atoms with Gasteiger partial charge in [0.1, 0.15) is 0 Å². The summed E-state index contributed by atoms with van der Waals surface area (Å²) >= 11 is -5.75. The van der Waals surface area contributed by atoms with Crippen LogP contribution in [0.25, 0.3) is 0 Å². The smallest absolute Gasteiger partial charge is 2.00 e. The van der Waals surface area contributed by atoms with Crippen LogP contribution in [0.4, 0.5) is 0 Å². The summed E-state index contributed by atoms with van der Waals surface area (Å²) in [6.07, 6.45) is 0. The monoisotopic (exact) mass is 316 g/mol. The average Bonchev–Trinajstić information content (AvgIpc) is 0.722. The van der Waals surface area contributed by atoms with Crippen molar-refractivity contribution in [1.29, 1.82) is 0 Å². The zero-order valence-corrected chi connectivity index (χ0v) is 10.4. The van der Waals surface area contributed by atoms with Crippen LogP contribution < -0.4 is 8.38 Å². The Hall–Kier alpha value is 0.423. The number of hydrogen-bond acceptors (Lipinski definition) is 4. The largest absolute Gasteiger partial charge is 2.00 e. The number of rotatable bonds is 0. The van der Waals surface area contributed by atoms with Crippen molar-refractivity contribution in [3.05, 3.63) is 0 Å². The van der Waals surface area contributed by atoms with Crippen molar-refractivity contribution in [3.63, 3.8) is 0 Å². The van der Waals surface area contributed by atoms with E-state index in [1.54, 1.807) is 0 Å². The Balaban J connectivity index is -0.00000000381. The average molecular weight is 316 g/mol. The first-order chi connectivity index (χ1) is 2.00. The predicted octanol–water partition coefficient (Wildman–Crippen LogP) is -7.95. The van der Waals surface area contributed by atoms with Crippen molar-refractivity contribution >= 4 is 13.4 Å². The minimum atomic E-state index is -5.75. The van der Waals surface area contributed by atoms with Crippen LogP contribution in [0.5, 0.6) is 0 Å². The van der Waals surface area contributed by atoms with E-state index in [9.17, 15) is 0 Å². The van der Waals surface area contributed by atoms with E-state index in [1.807, 2.05) is 0 Å². The molecule has 0 aromatic heterocycles. The van der Waals surface area contributed by atoms with E-state index in [0.717, 1.165) is 0 Å². The molecular formula is H12O10SeZn. The van der Waals surface area contributed by atoms with Crippen LogP contribution in [-0.2, 0) is 27.1 Å². The zero-order valence-electron chi connectivity index (χ0n) is 5.75. The van der Waals surface area contributed by atoms with Crippen molar-refractivity contribution < 1.29 is 68.4 Å². The molecule has 0 aliphatic carbocycles. The molecule has 12 N–H and O–H groups in total. The summed E-state index contributed by atoms with van der Waals surface area (Å²) in [4.78, 5) is 0. The molecule has 0 heterocycles. The minimum absolute atomic E-state index is 0. The molecule has 0 aliphatic heterocycles. The van der Waals surface area contributed by atoms with E-state index >= 15 is 0 Å². The van der Waals surface area contributed by atoms with Gasteiger partial charge in [0.05, 0.1) is 0 Å². The van der Waals surface area contributed by atoms with E-state index in [4.69, 9.17) is 16.0 Å². The van der Waals surface area contributed by atoms with Gasteiger partial charge in [-0.15, -0.1) is 0 Å². The van der Waals surface area contributed by atoms with E-state index in [0.29, 0.717) is 0 Å². The molecule has 0 bridgehead atoms. The molecule has 12 heteroatoms. The van der Waals surface area contributed by atoms with E-state index in [-0.39, 0.29) is 52.3 Å². The molecule has 80 valence electrons. The third-order valence-corrected chi connectivity index (χ3v) is 0. The van der Waals surface area contributed by atoms with Crippen molar-refractivity contribution in [2.45, 2.75) is 0 Å². The SMILES string of the molecule is O.O.O.O.O.O.O=[Se](=O)([O-])[O-].[Zn+2]. The standard InChI is InChI=1S/H2O4Se.6H2O.Zn/c1-5(2,3)4;;;;;;;/h(H2,1,2,3,4);6*1H2;/q;;;;;;;+2/p-2. The summed E-state index contributed by atoms with van der Waals surface area (Å²) in [5, 5.41) is 0. The fourth-order valence-electron chi connectivity index (χ4n) is 0. The van der Waals surface area contributed by atoms with Crippen LogP contribution >= 0.6 is 0 Å². The zero-order chi connectivity index (χ0) is 4.50. The first kappa shape index (κ1) is 82.9.